The van der Waals surface area contributed by atoms with Gasteiger partial charge in [-0.05, 0) is 6.07 Å². The van der Waals surface area contributed by atoms with E-state index < -0.39 is 11.9 Å². The van der Waals surface area contributed by atoms with E-state index >= 15 is 0 Å². The van der Waals surface area contributed by atoms with Crippen molar-refractivity contribution in [3.63, 3.8) is 0 Å². The molecular weight excluding hydrogens is 325 g/mol. The Hall–Kier alpha value is -2.16. The molecule has 0 unspecified atom stereocenters. The van der Waals surface area contributed by atoms with E-state index in [2.05, 4.69) is 15.1 Å². The molecule has 1 aliphatic heterocycles. The molecule has 9 heteroatoms. The highest BCUT2D eigenvalue weighted by molar-refractivity contribution is 5.24. The number of rotatable bonds is 5. The molecule has 130 valence electrons. The van der Waals surface area contributed by atoms with Crippen LogP contribution in [0, 0.1) is 0 Å². The third kappa shape index (κ3) is 3.84. The van der Waals surface area contributed by atoms with Crippen LogP contribution in [-0.4, -0.2) is 39.2 Å². The molecule has 0 aromatic carbocycles. The smallest absolute Gasteiger partial charge is 0.433 e. The SMILES string of the molecule is CC(C)c1noc(CN2CC(Oc3ccnc(C(F)(F)F)c3)C2)n1. The van der Waals surface area contributed by atoms with Crippen LogP contribution in [0.2, 0.25) is 0 Å². The van der Waals surface area contributed by atoms with Gasteiger partial charge in [0.2, 0.25) is 5.89 Å². The van der Waals surface area contributed by atoms with Crippen molar-refractivity contribution in [1.82, 2.24) is 20.0 Å². The summed E-state index contributed by atoms with van der Waals surface area (Å²) in [6, 6.07) is 2.33. The van der Waals surface area contributed by atoms with E-state index in [1.54, 1.807) is 0 Å². The first kappa shape index (κ1) is 16.7. The van der Waals surface area contributed by atoms with Crippen LogP contribution in [0.15, 0.2) is 22.9 Å². The van der Waals surface area contributed by atoms with Gasteiger partial charge in [0.15, 0.2) is 5.82 Å². The molecule has 0 spiro atoms. The average Bonchev–Trinajstić information content (AvgIpc) is 2.93. The highest BCUT2D eigenvalue weighted by Gasteiger charge is 2.34. The molecule has 0 bridgehead atoms. The maximum Gasteiger partial charge on any atom is 0.433 e. The minimum Gasteiger partial charge on any atom is -0.488 e. The van der Waals surface area contributed by atoms with Gasteiger partial charge in [-0.1, -0.05) is 19.0 Å². The van der Waals surface area contributed by atoms with Gasteiger partial charge in [-0.2, -0.15) is 18.2 Å². The summed E-state index contributed by atoms with van der Waals surface area (Å²) in [5, 5.41) is 3.89. The summed E-state index contributed by atoms with van der Waals surface area (Å²) in [6.07, 6.45) is -3.54. The second kappa shape index (κ2) is 6.39. The van der Waals surface area contributed by atoms with Crippen LogP contribution < -0.4 is 4.74 Å². The van der Waals surface area contributed by atoms with Gasteiger partial charge in [0.25, 0.3) is 0 Å². The van der Waals surface area contributed by atoms with Gasteiger partial charge in [-0.25, -0.2) is 0 Å². The highest BCUT2D eigenvalue weighted by Crippen LogP contribution is 2.30. The zero-order valence-electron chi connectivity index (χ0n) is 13.2. The predicted octanol–water partition coefficient (Wildman–Crippen LogP) is 2.87. The lowest BCUT2D eigenvalue weighted by atomic mass is 10.1. The summed E-state index contributed by atoms with van der Waals surface area (Å²) in [6.45, 7) is 5.63. The fourth-order valence-corrected chi connectivity index (χ4v) is 2.32. The fraction of sp³-hybridized carbons (Fsp3) is 0.533. The fourth-order valence-electron chi connectivity index (χ4n) is 2.32. The van der Waals surface area contributed by atoms with Crippen molar-refractivity contribution in [3.8, 4) is 5.75 Å². The van der Waals surface area contributed by atoms with Crippen LogP contribution in [0.25, 0.3) is 0 Å². The van der Waals surface area contributed by atoms with Gasteiger partial charge in [0, 0.05) is 31.3 Å². The second-order valence-corrected chi connectivity index (χ2v) is 6.01. The van der Waals surface area contributed by atoms with Gasteiger partial charge in [-0.15, -0.1) is 0 Å². The zero-order valence-corrected chi connectivity index (χ0v) is 13.2. The zero-order chi connectivity index (χ0) is 17.3. The van der Waals surface area contributed by atoms with Crippen molar-refractivity contribution in [1.29, 1.82) is 0 Å². The summed E-state index contributed by atoms with van der Waals surface area (Å²) in [7, 11) is 0. The van der Waals surface area contributed by atoms with Gasteiger partial charge in [0.05, 0.1) is 6.54 Å². The van der Waals surface area contributed by atoms with E-state index in [0.717, 1.165) is 12.3 Å². The first-order valence-corrected chi connectivity index (χ1v) is 7.56. The Morgan fingerprint density at radius 3 is 2.75 bits per heavy atom. The van der Waals surface area contributed by atoms with E-state index in [9.17, 15) is 13.2 Å². The normalized spacial score (nSPS) is 16.4. The van der Waals surface area contributed by atoms with E-state index in [-0.39, 0.29) is 17.8 Å². The number of likely N-dealkylation sites (tertiary alicyclic amines) is 1. The number of aromatic nitrogens is 3. The van der Waals surface area contributed by atoms with Crippen LogP contribution in [0.3, 0.4) is 0 Å². The van der Waals surface area contributed by atoms with Crippen molar-refractivity contribution in [3.05, 3.63) is 35.7 Å². The van der Waals surface area contributed by atoms with E-state index in [1.807, 2.05) is 18.7 Å². The number of nitrogens with zero attached hydrogens (tertiary/aromatic N) is 4. The Morgan fingerprint density at radius 1 is 1.38 bits per heavy atom. The maximum atomic E-state index is 12.6. The number of ether oxygens (including phenoxy) is 1. The highest BCUT2D eigenvalue weighted by atomic mass is 19.4. The number of hydrogen-bond donors (Lipinski definition) is 0. The molecule has 2 aromatic heterocycles. The van der Waals surface area contributed by atoms with E-state index in [0.29, 0.717) is 31.3 Å². The molecule has 0 atom stereocenters. The number of alkyl halides is 3. The molecule has 1 aliphatic rings. The Kier molecular flexibility index (Phi) is 4.44. The molecule has 0 amide bonds. The lowest BCUT2D eigenvalue weighted by Crippen LogP contribution is -2.53. The van der Waals surface area contributed by atoms with Gasteiger partial charge >= 0.3 is 6.18 Å². The van der Waals surface area contributed by atoms with Crippen molar-refractivity contribution in [2.75, 3.05) is 13.1 Å². The molecule has 0 radical (unpaired) electrons. The monoisotopic (exact) mass is 342 g/mol. The topological polar surface area (TPSA) is 64.3 Å². The van der Waals surface area contributed by atoms with E-state index in [1.165, 1.54) is 6.07 Å². The van der Waals surface area contributed by atoms with Crippen molar-refractivity contribution >= 4 is 0 Å². The molecule has 3 heterocycles. The first-order chi connectivity index (χ1) is 11.3. The van der Waals surface area contributed by atoms with Gasteiger partial charge in [0.1, 0.15) is 17.5 Å². The van der Waals surface area contributed by atoms with Crippen molar-refractivity contribution in [2.45, 2.75) is 38.6 Å². The quantitative estimate of drug-likeness (QED) is 0.832. The third-order valence-electron chi connectivity index (χ3n) is 3.61. The molecule has 6 nitrogen and oxygen atoms in total. The maximum absolute atomic E-state index is 12.6. The van der Waals surface area contributed by atoms with Crippen molar-refractivity contribution in [2.24, 2.45) is 0 Å². The predicted molar refractivity (Wildman–Crippen MR) is 77.3 cm³/mol. The van der Waals surface area contributed by atoms with Crippen LogP contribution in [-0.2, 0) is 12.7 Å². The first-order valence-electron chi connectivity index (χ1n) is 7.56. The summed E-state index contributed by atoms with van der Waals surface area (Å²) in [4.78, 5) is 9.61. The molecule has 1 fully saturated rings. The molecule has 2 aromatic rings. The summed E-state index contributed by atoms with van der Waals surface area (Å²) >= 11 is 0. The molecule has 3 rings (SSSR count). The van der Waals surface area contributed by atoms with Crippen LogP contribution in [0.5, 0.6) is 5.75 Å². The Bertz CT molecular complexity index is 696. The largest absolute Gasteiger partial charge is 0.488 e. The van der Waals surface area contributed by atoms with Crippen LogP contribution in [0.1, 0.15) is 37.2 Å². The van der Waals surface area contributed by atoms with Gasteiger partial charge in [-0.3, -0.25) is 9.88 Å². The molecule has 1 saturated heterocycles. The number of halogens is 3. The summed E-state index contributed by atoms with van der Waals surface area (Å²) < 4.78 is 48.6. The number of hydrogen-bond acceptors (Lipinski definition) is 6. The van der Waals surface area contributed by atoms with Crippen LogP contribution in [0.4, 0.5) is 13.2 Å². The van der Waals surface area contributed by atoms with E-state index in [4.69, 9.17) is 9.26 Å². The minimum absolute atomic E-state index is 0.166. The minimum atomic E-state index is -4.48. The Labute approximate surface area is 136 Å². The standard InChI is InChI=1S/C15H17F3N4O2/c1-9(2)14-20-13(24-21-14)8-22-6-11(7-22)23-10-3-4-19-12(5-10)15(16,17)18/h3-5,9,11H,6-8H2,1-2H3. The molecule has 0 N–H and O–H groups in total. The number of pyridine rings is 1. The lowest BCUT2D eigenvalue weighted by molar-refractivity contribution is -0.141. The summed E-state index contributed by atoms with van der Waals surface area (Å²) in [5.74, 6) is 1.56. The van der Waals surface area contributed by atoms with Gasteiger partial charge < -0.3 is 9.26 Å². The Morgan fingerprint density at radius 2 is 2.12 bits per heavy atom. The molecule has 0 aliphatic carbocycles. The lowest BCUT2D eigenvalue weighted by Gasteiger charge is -2.38. The molecule has 24 heavy (non-hydrogen) atoms. The van der Waals surface area contributed by atoms with Crippen molar-refractivity contribution < 1.29 is 22.4 Å². The van der Waals surface area contributed by atoms with Crippen LogP contribution >= 0.6 is 0 Å². The summed E-state index contributed by atoms with van der Waals surface area (Å²) in [5.41, 5.74) is -0.955. The molecular formula is C15H17F3N4O2. The molecule has 0 saturated carbocycles. The third-order valence-corrected chi connectivity index (χ3v) is 3.61. The average molecular weight is 342 g/mol. The Balaban J connectivity index is 1.50. The second-order valence-electron chi connectivity index (χ2n) is 6.01.